The molecule has 0 atom stereocenters. The predicted octanol–water partition coefficient (Wildman–Crippen LogP) is 3.96. The molecule has 0 saturated carbocycles. The summed E-state index contributed by atoms with van der Waals surface area (Å²) in [6.45, 7) is 9.21. The summed E-state index contributed by atoms with van der Waals surface area (Å²) in [7, 11) is 0. The van der Waals surface area contributed by atoms with Gasteiger partial charge < -0.3 is 0 Å². The molecule has 2 rings (SSSR count). The van der Waals surface area contributed by atoms with Gasteiger partial charge in [-0.05, 0) is 26.0 Å². The summed E-state index contributed by atoms with van der Waals surface area (Å²) >= 11 is 0. The van der Waals surface area contributed by atoms with Gasteiger partial charge in [0.05, 0.1) is 6.20 Å². The Morgan fingerprint density at radius 1 is 1.27 bits per heavy atom. The van der Waals surface area contributed by atoms with Crippen molar-refractivity contribution >= 4 is 5.78 Å². The number of ketones is 1. The highest BCUT2D eigenvalue weighted by atomic mass is 19.1. The van der Waals surface area contributed by atoms with Crippen LogP contribution in [0.2, 0.25) is 0 Å². The molecule has 0 aliphatic carbocycles. The van der Waals surface area contributed by atoms with Gasteiger partial charge in [-0.15, -0.1) is 5.10 Å². The highest BCUT2D eigenvalue weighted by Gasteiger charge is 2.29. The number of carbonyl (C=O) groups is 1. The third-order valence-electron chi connectivity index (χ3n) is 3.28. The summed E-state index contributed by atoms with van der Waals surface area (Å²) in [5, 5.41) is 7.74. The molecule has 0 spiro atoms. The lowest BCUT2D eigenvalue weighted by molar-refractivity contribution is -0.126. The highest BCUT2D eigenvalue weighted by molar-refractivity contribution is 5.85. The van der Waals surface area contributed by atoms with Gasteiger partial charge in [-0.3, -0.25) is 4.79 Å². The Bertz CT molecular complexity index is 651. The summed E-state index contributed by atoms with van der Waals surface area (Å²) in [4.78, 5) is 11.9. The van der Waals surface area contributed by atoms with E-state index in [0.717, 1.165) is 12.1 Å². The molecule has 0 unspecified atom stereocenters. The molecule has 120 valence electrons. The normalized spacial score (nSPS) is 10.9. The number of Topliss-reactive ketones (excluding diaryl/α,β-unsaturated/α-hetero) is 1. The number of benzene rings is 1. The Kier molecular flexibility index (Phi) is 5.91. The topological polar surface area (TPSA) is 47.8 Å². The number of carbonyl (C=O) groups excluding carboxylic acids is 1. The standard InChI is InChI=1S/C14H15F2N3O.C2H6/c1-4-13(20)14(2,3)19-8-12(17-18-19)10-6-5-9(15)7-11(10)16;1-2/h5-8H,4H2,1-3H3;1-2H3. The summed E-state index contributed by atoms with van der Waals surface area (Å²) in [5.41, 5.74) is -0.437. The van der Waals surface area contributed by atoms with E-state index in [1.54, 1.807) is 20.8 Å². The lowest BCUT2D eigenvalue weighted by atomic mass is 9.97. The lowest BCUT2D eigenvalue weighted by Crippen LogP contribution is -2.35. The summed E-state index contributed by atoms with van der Waals surface area (Å²) in [6.07, 6.45) is 1.86. The molecule has 0 bridgehead atoms. The molecule has 2 aromatic rings. The van der Waals surface area contributed by atoms with Crippen molar-refractivity contribution in [1.29, 1.82) is 0 Å². The first-order chi connectivity index (χ1) is 10.4. The van der Waals surface area contributed by atoms with Gasteiger partial charge in [0, 0.05) is 18.1 Å². The quantitative estimate of drug-likeness (QED) is 0.858. The monoisotopic (exact) mass is 309 g/mol. The molecule has 1 heterocycles. The molecule has 0 aliphatic rings. The van der Waals surface area contributed by atoms with Crippen molar-refractivity contribution in [1.82, 2.24) is 15.0 Å². The molecular formula is C16H21F2N3O. The fourth-order valence-electron chi connectivity index (χ4n) is 1.92. The van der Waals surface area contributed by atoms with Crippen LogP contribution in [-0.4, -0.2) is 20.8 Å². The first-order valence-corrected chi connectivity index (χ1v) is 7.27. The van der Waals surface area contributed by atoms with Gasteiger partial charge in [-0.2, -0.15) is 0 Å². The van der Waals surface area contributed by atoms with Crippen LogP contribution < -0.4 is 0 Å². The molecule has 0 aliphatic heterocycles. The largest absolute Gasteiger partial charge is 0.297 e. The van der Waals surface area contributed by atoms with Crippen LogP contribution in [0.1, 0.15) is 41.0 Å². The van der Waals surface area contributed by atoms with Gasteiger partial charge in [0.1, 0.15) is 22.9 Å². The molecule has 0 radical (unpaired) electrons. The zero-order valence-electron chi connectivity index (χ0n) is 13.5. The average molecular weight is 309 g/mol. The second kappa shape index (κ2) is 7.24. The molecule has 22 heavy (non-hydrogen) atoms. The van der Waals surface area contributed by atoms with Crippen LogP contribution >= 0.6 is 0 Å². The van der Waals surface area contributed by atoms with Gasteiger partial charge in [0.15, 0.2) is 5.78 Å². The number of nitrogens with zero attached hydrogens (tertiary/aromatic N) is 3. The van der Waals surface area contributed by atoms with Crippen molar-refractivity contribution in [2.75, 3.05) is 0 Å². The maximum atomic E-state index is 13.7. The molecular weight excluding hydrogens is 288 g/mol. The fourth-order valence-corrected chi connectivity index (χ4v) is 1.92. The van der Waals surface area contributed by atoms with E-state index >= 15 is 0 Å². The van der Waals surface area contributed by atoms with Crippen molar-refractivity contribution in [2.24, 2.45) is 0 Å². The fraction of sp³-hybridized carbons (Fsp3) is 0.438. The summed E-state index contributed by atoms with van der Waals surface area (Å²) in [6, 6.07) is 3.24. The SMILES string of the molecule is CC.CCC(=O)C(C)(C)n1cc(-c2ccc(F)cc2F)nn1. The van der Waals surface area contributed by atoms with Crippen LogP contribution in [0.5, 0.6) is 0 Å². The number of hydrogen-bond donors (Lipinski definition) is 0. The van der Waals surface area contributed by atoms with E-state index < -0.39 is 17.2 Å². The van der Waals surface area contributed by atoms with Crippen molar-refractivity contribution in [3.05, 3.63) is 36.0 Å². The van der Waals surface area contributed by atoms with Crippen LogP contribution in [0.3, 0.4) is 0 Å². The van der Waals surface area contributed by atoms with Gasteiger partial charge >= 0.3 is 0 Å². The second-order valence-corrected chi connectivity index (χ2v) is 5.01. The van der Waals surface area contributed by atoms with Gasteiger partial charge in [0.25, 0.3) is 0 Å². The first-order valence-electron chi connectivity index (χ1n) is 7.27. The zero-order chi connectivity index (χ0) is 16.9. The van der Waals surface area contributed by atoms with Crippen molar-refractivity contribution < 1.29 is 13.6 Å². The zero-order valence-corrected chi connectivity index (χ0v) is 13.5. The molecule has 0 fully saturated rings. The van der Waals surface area contributed by atoms with E-state index in [-0.39, 0.29) is 17.0 Å². The van der Waals surface area contributed by atoms with E-state index in [1.165, 1.54) is 16.9 Å². The molecule has 1 aromatic heterocycles. The van der Waals surface area contributed by atoms with Crippen LogP contribution in [0, 0.1) is 11.6 Å². The lowest BCUT2D eigenvalue weighted by Gasteiger charge is -2.22. The molecule has 0 N–H and O–H groups in total. The van der Waals surface area contributed by atoms with E-state index in [9.17, 15) is 13.6 Å². The van der Waals surface area contributed by atoms with Crippen LogP contribution in [0.4, 0.5) is 8.78 Å². The molecule has 0 saturated heterocycles. The van der Waals surface area contributed by atoms with Crippen LogP contribution in [-0.2, 0) is 10.3 Å². The van der Waals surface area contributed by atoms with E-state index in [1.807, 2.05) is 13.8 Å². The Balaban J connectivity index is 0.00000116. The minimum Gasteiger partial charge on any atom is -0.297 e. The summed E-state index contributed by atoms with van der Waals surface area (Å²) < 4.78 is 28.0. The van der Waals surface area contributed by atoms with Crippen LogP contribution in [0.15, 0.2) is 24.4 Å². The second-order valence-electron chi connectivity index (χ2n) is 5.01. The predicted molar refractivity (Wildman–Crippen MR) is 81.3 cm³/mol. The number of hydrogen-bond acceptors (Lipinski definition) is 3. The minimum absolute atomic E-state index is 0.00599. The third-order valence-corrected chi connectivity index (χ3v) is 3.28. The molecule has 0 amide bonds. The third kappa shape index (κ3) is 3.55. The number of aromatic nitrogens is 3. The van der Waals surface area contributed by atoms with Gasteiger partial charge in [0.2, 0.25) is 0 Å². The Morgan fingerprint density at radius 3 is 2.45 bits per heavy atom. The average Bonchev–Trinajstić information content (AvgIpc) is 2.98. The van der Waals surface area contributed by atoms with Gasteiger partial charge in [-0.25, -0.2) is 13.5 Å². The first kappa shape index (κ1) is 17.9. The maximum absolute atomic E-state index is 13.7. The van der Waals surface area contributed by atoms with Crippen LogP contribution in [0.25, 0.3) is 11.3 Å². The van der Waals surface area contributed by atoms with E-state index in [4.69, 9.17) is 0 Å². The summed E-state index contributed by atoms with van der Waals surface area (Å²) in [5.74, 6) is -1.37. The van der Waals surface area contributed by atoms with Gasteiger partial charge in [-0.1, -0.05) is 26.0 Å². The number of halogens is 2. The molecule has 1 aromatic carbocycles. The van der Waals surface area contributed by atoms with Crippen molar-refractivity contribution in [2.45, 2.75) is 46.6 Å². The van der Waals surface area contributed by atoms with E-state index in [0.29, 0.717) is 6.42 Å². The highest BCUT2D eigenvalue weighted by Crippen LogP contribution is 2.24. The Labute approximate surface area is 129 Å². The smallest absolute Gasteiger partial charge is 0.159 e. The Hall–Kier alpha value is -2.11. The minimum atomic E-state index is -0.851. The van der Waals surface area contributed by atoms with Crippen molar-refractivity contribution in [3.63, 3.8) is 0 Å². The van der Waals surface area contributed by atoms with E-state index in [2.05, 4.69) is 10.3 Å². The maximum Gasteiger partial charge on any atom is 0.159 e. The molecule has 6 heteroatoms. The number of rotatable bonds is 4. The van der Waals surface area contributed by atoms with Crippen molar-refractivity contribution in [3.8, 4) is 11.3 Å². The Morgan fingerprint density at radius 2 is 1.91 bits per heavy atom. The molecule has 4 nitrogen and oxygen atoms in total.